The zero-order valence-electron chi connectivity index (χ0n) is 7.52. The van der Waals surface area contributed by atoms with Crippen LogP contribution in [0.2, 0.25) is 5.02 Å². The molecule has 0 aliphatic heterocycles. The summed E-state index contributed by atoms with van der Waals surface area (Å²) in [5.41, 5.74) is 6.44. The summed E-state index contributed by atoms with van der Waals surface area (Å²) >= 11 is 5.90. The molecule has 0 fully saturated rings. The van der Waals surface area contributed by atoms with Crippen LogP contribution in [-0.4, -0.2) is 17.3 Å². The first-order chi connectivity index (χ1) is 6.65. The van der Waals surface area contributed by atoms with E-state index in [0.29, 0.717) is 11.4 Å². The first-order valence-electron chi connectivity index (χ1n) is 4.22. The van der Waals surface area contributed by atoms with E-state index in [1.165, 1.54) is 0 Å². The van der Waals surface area contributed by atoms with Gasteiger partial charge in [-0.05, 0) is 18.1 Å². The van der Waals surface area contributed by atoms with Crippen LogP contribution in [0.3, 0.4) is 0 Å². The Kier molecular flexibility index (Phi) is 3.90. The van der Waals surface area contributed by atoms with Crippen LogP contribution >= 0.6 is 11.6 Å². The van der Waals surface area contributed by atoms with Crippen molar-refractivity contribution >= 4 is 11.6 Å². The van der Waals surface area contributed by atoms with Crippen molar-refractivity contribution in [2.45, 2.75) is 18.6 Å². The SMILES string of the molecule is N#CC(O)C(N)Cc1ccccc1Cl. The van der Waals surface area contributed by atoms with Gasteiger partial charge < -0.3 is 10.8 Å². The molecule has 3 nitrogen and oxygen atoms in total. The van der Waals surface area contributed by atoms with Crippen LogP contribution in [0.15, 0.2) is 24.3 Å². The summed E-state index contributed by atoms with van der Waals surface area (Å²) in [6.45, 7) is 0. The highest BCUT2D eigenvalue weighted by Crippen LogP contribution is 2.16. The van der Waals surface area contributed by atoms with Crippen molar-refractivity contribution in [3.63, 3.8) is 0 Å². The molecule has 1 aromatic carbocycles. The van der Waals surface area contributed by atoms with Crippen molar-refractivity contribution < 1.29 is 5.11 Å². The molecule has 4 heteroatoms. The van der Waals surface area contributed by atoms with Gasteiger partial charge in [0.25, 0.3) is 0 Å². The van der Waals surface area contributed by atoms with Gasteiger partial charge in [-0.2, -0.15) is 5.26 Å². The second kappa shape index (κ2) is 4.97. The topological polar surface area (TPSA) is 70.0 Å². The van der Waals surface area contributed by atoms with E-state index >= 15 is 0 Å². The predicted molar refractivity (Wildman–Crippen MR) is 54.8 cm³/mol. The van der Waals surface area contributed by atoms with Crippen LogP contribution < -0.4 is 5.73 Å². The van der Waals surface area contributed by atoms with E-state index in [1.54, 1.807) is 12.1 Å². The Morgan fingerprint density at radius 1 is 1.50 bits per heavy atom. The lowest BCUT2D eigenvalue weighted by molar-refractivity contribution is 0.197. The molecule has 0 spiro atoms. The van der Waals surface area contributed by atoms with Gasteiger partial charge in [-0.15, -0.1) is 0 Å². The smallest absolute Gasteiger partial charge is 0.155 e. The fourth-order valence-corrected chi connectivity index (χ4v) is 1.34. The van der Waals surface area contributed by atoms with Crippen molar-refractivity contribution in [3.8, 4) is 6.07 Å². The standard InChI is InChI=1S/C10H11ClN2O/c11-8-4-2-1-3-7(8)5-9(13)10(14)6-12/h1-4,9-10,14H,5,13H2. The molecule has 0 saturated heterocycles. The number of nitrogens with zero attached hydrogens (tertiary/aromatic N) is 1. The molecule has 74 valence electrons. The van der Waals surface area contributed by atoms with Crippen molar-refractivity contribution in [1.29, 1.82) is 5.26 Å². The number of aliphatic hydroxyl groups excluding tert-OH is 1. The van der Waals surface area contributed by atoms with E-state index in [0.717, 1.165) is 5.56 Å². The molecule has 0 aromatic heterocycles. The average molecular weight is 211 g/mol. The minimum atomic E-state index is -1.15. The van der Waals surface area contributed by atoms with Crippen LogP contribution in [-0.2, 0) is 6.42 Å². The molecule has 14 heavy (non-hydrogen) atoms. The Morgan fingerprint density at radius 3 is 2.71 bits per heavy atom. The quantitative estimate of drug-likeness (QED) is 0.734. The largest absolute Gasteiger partial charge is 0.376 e. The van der Waals surface area contributed by atoms with Crippen molar-refractivity contribution in [2.24, 2.45) is 5.73 Å². The van der Waals surface area contributed by atoms with Crippen molar-refractivity contribution in [3.05, 3.63) is 34.9 Å². The van der Waals surface area contributed by atoms with Crippen LogP contribution in [0.4, 0.5) is 0 Å². The average Bonchev–Trinajstić information content (AvgIpc) is 2.20. The summed E-state index contributed by atoms with van der Waals surface area (Å²) in [6.07, 6.45) is -0.750. The minimum absolute atomic E-state index is 0.397. The lowest BCUT2D eigenvalue weighted by Gasteiger charge is -2.13. The van der Waals surface area contributed by atoms with Gasteiger partial charge in [0.05, 0.1) is 6.07 Å². The highest BCUT2D eigenvalue weighted by atomic mass is 35.5. The van der Waals surface area contributed by atoms with Gasteiger partial charge in [0, 0.05) is 11.1 Å². The van der Waals surface area contributed by atoms with E-state index in [4.69, 9.17) is 27.7 Å². The monoisotopic (exact) mass is 210 g/mol. The van der Waals surface area contributed by atoms with Gasteiger partial charge in [-0.25, -0.2) is 0 Å². The number of halogens is 1. The molecule has 0 aliphatic carbocycles. The highest BCUT2D eigenvalue weighted by molar-refractivity contribution is 6.31. The molecule has 1 rings (SSSR count). The Balaban J connectivity index is 2.70. The number of rotatable bonds is 3. The number of aliphatic hydroxyl groups is 1. The Morgan fingerprint density at radius 2 is 2.14 bits per heavy atom. The molecule has 0 aliphatic rings. The summed E-state index contributed by atoms with van der Waals surface area (Å²) in [5, 5.41) is 18.2. The zero-order chi connectivity index (χ0) is 10.6. The third-order valence-electron chi connectivity index (χ3n) is 1.95. The van der Waals surface area contributed by atoms with Gasteiger partial charge in [-0.1, -0.05) is 29.8 Å². The molecule has 0 heterocycles. The predicted octanol–water partition coefficient (Wildman–Crippen LogP) is 1.09. The second-order valence-electron chi connectivity index (χ2n) is 3.03. The highest BCUT2D eigenvalue weighted by Gasteiger charge is 2.15. The number of hydrogen-bond acceptors (Lipinski definition) is 3. The molecule has 0 amide bonds. The summed E-state index contributed by atoms with van der Waals surface area (Å²) in [4.78, 5) is 0. The number of nitrogens with two attached hydrogens (primary N) is 1. The first kappa shape index (κ1) is 11.0. The van der Waals surface area contributed by atoms with E-state index in [2.05, 4.69) is 0 Å². The Bertz CT molecular complexity index is 348. The third-order valence-corrected chi connectivity index (χ3v) is 2.32. The Hall–Kier alpha value is -1.08. The summed E-state index contributed by atoms with van der Waals surface area (Å²) in [7, 11) is 0. The van der Waals surface area contributed by atoms with Crippen LogP contribution in [0, 0.1) is 11.3 Å². The molecule has 0 saturated carbocycles. The molecule has 1 aromatic rings. The summed E-state index contributed by atoms with van der Waals surface area (Å²) in [5.74, 6) is 0. The lowest BCUT2D eigenvalue weighted by atomic mass is 10.0. The maximum atomic E-state index is 9.15. The van der Waals surface area contributed by atoms with Gasteiger partial charge in [0.1, 0.15) is 0 Å². The third kappa shape index (κ3) is 2.71. The molecule has 0 radical (unpaired) electrons. The summed E-state index contributed by atoms with van der Waals surface area (Å²) in [6, 6.07) is 8.33. The maximum Gasteiger partial charge on any atom is 0.155 e. The molecule has 2 atom stereocenters. The maximum absolute atomic E-state index is 9.15. The van der Waals surface area contributed by atoms with Gasteiger partial charge in [-0.3, -0.25) is 0 Å². The van der Waals surface area contributed by atoms with E-state index in [1.807, 2.05) is 18.2 Å². The fourth-order valence-electron chi connectivity index (χ4n) is 1.13. The fraction of sp³-hybridized carbons (Fsp3) is 0.300. The van der Waals surface area contributed by atoms with Crippen molar-refractivity contribution in [2.75, 3.05) is 0 Å². The normalized spacial score (nSPS) is 14.4. The van der Waals surface area contributed by atoms with Crippen LogP contribution in [0.1, 0.15) is 5.56 Å². The number of hydrogen-bond donors (Lipinski definition) is 2. The number of nitriles is 1. The van der Waals surface area contributed by atoms with Gasteiger partial charge in [0.15, 0.2) is 6.10 Å². The van der Waals surface area contributed by atoms with E-state index < -0.39 is 12.1 Å². The molecular formula is C10H11ClN2O. The van der Waals surface area contributed by atoms with Crippen molar-refractivity contribution in [1.82, 2.24) is 0 Å². The first-order valence-corrected chi connectivity index (χ1v) is 4.59. The molecular weight excluding hydrogens is 200 g/mol. The van der Waals surface area contributed by atoms with Gasteiger partial charge in [0.2, 0.25) is 0 Å². The second-order valence-corrected chi connectivity index (χ2v) is 3.44. The molecule has 3 N–H and O–H groups in total. The minimum Gasteiger partial charge on any atom is -0.376 e. The lowest BCUT2D eigenvalue weighted by Crippen LogP contribution is -2.35. The van der Waals surface area contributed by atoms with Crippen LogP contribution in [0.25, 0.3) is 0 Å². The molecule has 0 bridgehead atoms. The summed E-state index contributed by atoms with van der Waals surface area (Å²) < 4.78 is 0. The Labute approximate surface area is 87.7 Å². The van der Waals surface area contributed by atoms with E-state index in [9.17, 15) is 0 Å². The van der Waals surface area contributed by atoms with E-state index in [-0.39, 0.29) is 0 Å². The number of benzene rings is 1. The van der Waals surface area contributed by atoms with Gasteiger partial charge >= 0.3 is 0 Å². The molecule has 2 unspecified atom stereocenters. The van der Waals surface area contributed by atoms with Crippen LogP contribution in [0.5, 0.6) is 0 Å². The zero-order valence-corrected chi connectivity index (χ0v) is 8.28.